The number of rotatable bonds is 4. The van der Waals surface area contributed by atoms with E-state index in [1.54, 1.807) is 30.3 Å². The van der Waals surface area contributed by atoms with Crippen molar-refractivity contribution < 1.29 is 9.53 Å². The molecule has 106 valence electrons. The van der Waals surface area contributed by atoms with Crippen LogP contribution in [0.15, 0.2) is 41.2 Å². The summed E-state index contributed by atoms with van der Waals surface area (Å²) in [5.74, 6) is 2.38. The molecule has 0 fully saturated rings. The monoisotopic (exact) mass is 283 g/mol. The maximum atomic E-state index is 11.4. The molecule has 0 bridgehead atoms. The number of ether oxygens (including phenoxy) is 1. The fourth-order valence-electron chi connectivity index (χ4n) is 1.59. The molecule has 0 saturated heterocycles. The number of anilines is 1. The summed E-state index contributed by atoms with van der Waals surface area (Å²) in [6.07, 6.45) is 4.88. The molecule has 1 heterocycles. The van der Waals surface area contributed by atoms with Crippen LogP contribution in [0.5, 0.6) is 0 Å². The lowest BCUT2D eigenvalue weighted by atomic mass is 10.1. The minimum Gasteiger partial charge on any atom is -0.448 e. The van der Waals surface area contributed by atoms with Crippen LogP contribution in [0.4, 0.5) is 10.5 Å². The molecule has 0 spiro atoms. The third kappa shape index (κ3) is 4.21. The number of aromatic nitrogens is 2. The maximum Gasteiger partial charge on any atom is 0.411 e. The number of benzene rings is 1. The van der Waals surface area contributed by atoms with Crippen molar-refractivity contribution >= 4 is 11.8 Å². The smallest absolute Gasteiger partial charge is 0.411 e. The first-order valence-corrected chi connectivity index (χ1v) is 6.22. The second kappa shape index (κ2) is 6.91. The Morgan fingerprint density at radius 2 is 2.05 bits per heavy atom. The Balaban J connectivity index is 1.99. The van der Waals surface area contributed by atoms with Gasteiger partial charge in [0.05, 0.1) is 5.69 Å². The van der Waals surface area contributed by atoms with Crippen LogP contribution in [0.3, 0.4) is 0 Å². The Kier molecular flexibility index (Phi) is 4.72. The Hall–Kier alpha value is -3.07. The molecule has 1 aromatic heterocycles. The average Bonchev–Trinajstić information content (AvgIpc) is 2.49. The lowest BCUT2D eigenvalue weighted by Crippen LogP contribution is -2.14. The number of carbonyl (C=O) groups is 1. The van der Waals surface area contributed by atoms with Crippen LogP contribution in [0.25, 0.3) is 11.3 Å². The number of amides is 1. The zero-order valence-corrected chi connectivity index (χ0v) is 11.1. The van der Waals surface area contributed by atoms with Gasteiger partial charge in [0, 0.05) is 23.7 Å². The van der Waals surface area contributed by atoms with Gasteiger partial charge in [-0.05, 0) is 18.2 Å². The molecular formula is C15H13N3O3. The minimum absolute atomic E-state index is 0.182. The predicted molar refractivity (Wildman–Crippen MR) is 78.7 cm³/mol. The number of carbonyl (C=O) groups excluding carboxylic acids is 1. The van der Waals surface area contributed by atoms with Crippen LogP contribution in [-0.4, -0.2) is 22.9 Å². The molecule has 1 amide bonds. The SMILES string of the molecule is C#CCCOC(=O)Nc1ccc(-c2ccc(=O)[nH]n2)cc1. The van der Waals surface area contributed by atoms with Gasteiger partial charge in [-0.2, -0.15) is 5.10 Å². The van der Waals surface area contributed by atoms with Crippen molar-refractivity contribution in [3.63, 3.8) is 0 Å². The molecule has 0 saturated carbocycles. The molecule has 21 heavy (non-hydrogen) atoms. The average molecular weight is 283 g/mol. The Morgan fingerprint density at radius 1 is 1.29 bits per heavy atom. The third-order valence-corrected chi connectivity index (χ3v) is 2.59. The van der Waals surface area contributed by atoms with Crippen molar-refractivity contribution in [1.29, 1.82) is 0 Å². The van der Waals surface area contributed by atoms with Crippen LogP contribution < -0.4 is 10.9 Å². The number of hydrogen-bond acceptors (Lipinski definition) is 4. The van der Waals surface area contributed by atoms with Crippen LogP contribution in [0.2, 0.25) is 0 Å². The normalized spacial score (nSPS) is 9.67. The summed E-state index contributed by atoms with van der Waals surface area (Å²) in [6, 6.07) is 10.00. The van der Waals surface area contributed by atoms with E-state index >= 15 is 0 Å². The van der Waals surface area contributed by atoms with Crippen molar-refractivity contribution in [2.24, 2.45) is 0 Å². The predicted octanol–water partition coefficient (Wildman–Crippen LogP) is 2.01. The van der Waals surface area contributed by atoms with E-state index in [1.165, 1.54) is 6.07 Å². The highest BCUT2D eigenvalue weighted by molar-refractivity contribution is 5.85. The number of terminal acetylenes is 1. The summed E-state index contributed by atoms with van der Waals surface area (Å²) >= 11 is 0. The van der Waals surface area contributed by atoms with Crippen molar-refractivity contribution in [1.82, 2.24) is 10.2 Å². The number of aromatic amines is 1. The summed E-state index contributed by atoms with van der Waals surface area (Å²) in [6.45, 7) is 0.182. The molecule has 0 aliphatic heterocycles. The third-order valence-electron chi connectivity index (χ3n) is 2.59. The van der Waals surface area contributed by atoms with Crippen molar-refractivity contribution in [2.75, 3.05) is 11.9 Å². The zero-order chi connectivity index (χ0) is 15.1. The van der Waals surface area contributed by atoms with Gasteiger partial charge in [-0.15, -0.1) is 12.3 Å². The topological polar surface area (TPSA) is 84.1 Å². The Labute approximate surface area is 121 Å². The summed E-state index contributed by atoms with van der Waals surface area (Å²) in [5, 5.41) is 8.86. The van der Waals surface area contributed by atoms with E-state index in [0.717, 1.165) is 5.56 Å². The first kappa shape index (κ1) is 14.3. The van der Waals surface area contributed by atoms with E-state index in [1.807, 2.05) is 0 Å². The van der Waals surface area contributed by atoms with Gasteiger partial charge in [0.25, 0.3) is 5.56 Å². The number of hydrogen-bond donors (Lipinski definition) is 2. The lowest BCUT2D eigenvalue weighted by Gasteiger charge is -2.06. The molecule has 6 heteroatoms. The zero-order valence-electron chi connectivity index (χ0n) is 11.1. The van der Waals surface area contributed by atoms with Gasteiger partial charge in [0.15, 0.2) is 0 Å². The Morgan fingerprint density at radius 3 is 2.67 bits per heavy atom. The van der Waals surface area contributed by atoms with E-state index in [4.69, 9.17) is 11.2 Å². The van der Waals surface area contributed by atoms with Gasteiger partial charge in [-0.1, -0.05) is 12.1 Å². The van der Waals surface area contributed by atoms with Crippen molar-refractivity contribution in [3.8, 4) is 23.6 Å². The van der Waals surface area contributed by atoms with E-state index in [0.29, 0.717) is 17.8 Å². The summed E-state index contributed by atoms with van der Waals surface area (Å²) < 4.78 is 4.87. The first-order valence-electron chi connectivity index (χ1n) is 6.22. The highest BCUT2D eigenvalue weighted by atomic mass is 16.5. The molecule has 0 atom stereocenters. The van der Waals surface area contributed by atoms with E-state index in [2.05, 4.69) is 21.4 Å². The lowest BCUT2D eigenvalue weighted by molar-refractivity contribution is 0.164. The minimum atomic E-state index is -0.555. The fourth-order valence-corrected chi connectivity index (χ4v) is 1.59. The standard InChI is InChI=1S/C15H13N3O3/c1-2-3-10-21-15(20)16-12-6-4-11(5-7-12)13-8-9-14(19)18-17-13/h1,4-9H,3,10H2,(H,16,20)(H,18,19). The molecule has 0 aliphatic rings. The summed E-state index contributed by atoms with van der Waals surface area (Å²) in [4.78, 5) is 22.4. The number of H-pyrrole nitrogens is 1. The molecular weight excluding hydrogens is 270 g/mol. The highest BCUT2D eigenvalue weighted by Gasteiger charge is 2.04. The molecule has 2 N–H and O–H groups in total. The largest absolute Gasteiger partial charge is 0.448 e. The second-order valence-corrected chi connectivity index (χ2v) is 4.10. The second-order valence-electron chi connectivity index (χ2n) is 4.10. The van der Waals surface area contributed by atoms with Gasteiger partial charge in [-0.25, -0.2) is 9.89 Å². The summed E-state index contributed by atoms with van der Waals surface area (Å²) in [7, 11) is 0. The molecule has 0 aliphatic carbocycles. The van der Waals surface area contributed by atoms with Crippen molar-refractivity contribution in [3.05, 3.63) is 46.8 Å². The van der Waals surface area contributed by atoms with Gasteiger partial charge in [-0.3, -0.25) is 10.1 Å². The highest BCUT2D eigenvalue weighted by Crippen LogP contribution is 2.18. The van der Waals surface area contributed by atoms with Crippen LogP contribution in [0.1, 0.15) is 6.42 Å². The molecule has 1 aromatic carbocycles. The molecule has 2 rings (SSSR count). The summed E-state index contributed by atoms with van der Waals surface area (Å²) in [5.41, 5.74) is 1.79. The van der Waals surface area contributed by atoms with Crippen LogP contribution >= 0.6 is 0 Å². The molecule has 2 aromatic rings. The number of nitrogens with one attached hydrogen (secondary N) is 2. The van der Waals surface area contributed by atoms with Gasteiger partial charge in [0.2, 0.25) is 0 Å². The van der Waals surface area contributed by atoms with E-state index < -0.39 is 6.09 Å². The molecule has 6 nitrogen and oxygen atoms in total. The van der Waals surface area contributed by atoms with E-state index in [9.17, 15) is 9.59 Å². The van der Waals surface area contributed by atoms with Gasteiger partial charge >= 0.3 is 6.09 Å². The van der Waals surface area contributed by atoms with Crippen LogP contribution in [-0.2, 0) is 4.74 Å². The fraction of sp³-hybridized carbons (Fsp3) is 0.133. The Bertz CT molecular complexity index is 694. The van der Waals surface area contributed by atoms with Crippen LogP contribution in [0, 0.1) is 12.3 Å². The quantitative estimate of drug-likeness (QED) is 0.664. The molecule has 0 unspecified atom stereocenters. The first-order chi connectivity index (χ1) is 10.2. The van der Waals surface area contributed by atoms with E-state index in [-0.39, 0.29) is 12.2 Å². The van der Waals surface area contributed by atoms with Gasteiger partial charge < -0.3 is 4.74 Å². The van der Waals surface area contributed by atoms with Crippen molar-refractivity contribution in [2.45, 2.75) is 6.42 Å². The maximum absolute atomic E-state index is 11.4. The molecule has 0 radical (unpaired) electrons. The van der Waals surface area contributed by atoms with Gasteiger partial charge in [0.1, 0.15) is 6.61 Å². The number of nitrogens with zero attached hydrogens (tertiary/aromatic N) is 1.